The Bertz CT molecular complexity index is 752. The molecule has 6 heteroatoms. The third-order valence-electron chi connectivity index (χ3n) is 2.89. The normalized spacial score (nSPS) is 10.7. The number of carbonyl (C=O) groups excluding carboxylic acids is 1. The number of Topliss-reactive ketones (excluding diaryl/α,β-unsaturated/α-hetero) is 1. The summed E-state index contributed by atoms with van der Waals surface area (Å²) in [7, 11) is 1.50. The van der Waals surface area contributed by atoms with Crippen molar-refractivity contribution in [3.05, 3.63) is 54.5 Å². The molecule has 0 saturated carbocycles. The third kappa shape index (κ3) is 2.58. The van der Waals surface area contributed by atoms with Crippen LogP contribution in [0.4, 0.5) is 0 Å². The summed E-state index contributed by atoms with van der Waals surface area (Å²) in [4.78, 5) is 37.3. The Balaban J connectivity index is 2.35. The van der Waals surface area contributed by atoms with Crippen molar-refractivity contribution in [2.75, 3.05) is 0 Å². The molecule has 0 aliphatic heterocycles. The number of thiophene rings is 1. The molecule has 0 N–H and O–H groups in total. The SMILES string of the molecule is Cc1cc(C(=O)Cn2ccn(C)c(=O)c2=O)c(C)s1. The fraction of sp³-hybridized carbons (Fsp3) is 0.308. The van der Waals surface area contributed by atoms with E-state index in [1.165, 1.54) is 24.0 Å². The second-order valence-electron chi connectivity index (χ2n) is 4.40. The molecule has 0 saturated heterocycles. The van der Waals surface area contributed by atoms with Crippen LogP contribution >= 0.6 is 11.3 Å². The number of aryl methyl sites for hydroxylation is 3. The number of carbonyl (C=O) groups is 1. The van der Waals surface area contributed by atoms with Crippen LogP contribution in [-0.2, 0) is 13.6 Å². The van der Waals surface area contributed by atoms with E-state index in [2.05, 4.69) is 0 Å². The van der Waals surface area contributed by atoms with E-state index in [9.17, 15) is 14.4 Å². The minimum Gasteiger partial charge on any atom is -0.312 e. The van der Waals surface area contributed by atoms with Gasteiger partial charge in [-0.2, -0.15) is 0 Å². The van der Waals surface area contributed by atoms with Crippen LogP contribution < -0.4 is 11.1 Å². The van der Waals surface area contributed by atoms with Gasteiger partial charge in [-0.25, -0.2) is 0 Å². The van der Waals surface area contributed by atoms with E-state index in [-0.39, 0.29) is 12.3 Å². The van der Waals surface area contributed by atoms with Gasteiger partial charge in [-0.15, -0.1) is 11.3 Å². The Labute approximate surface area is 113 Å². The van der Waals surface area contributed by atoms with E-state index in [0.717, 1.165) is 14.3 Å². The molecule has 2 rings (SSSR count). The maximum absolute atomic E-state index is 12.1. The number of hydrogen-bond donors (Lipinski definition) is 0. The van der Waals surface area contributed by atoms with Crippen molar-refractivity contribution >= 4 is 17.1 Å². The van der Waals surface area contributed by atoms with Gasteiger partial charge < -0.3 is 9.13 Å². The Morgan fingerprint density at radius 2 is 1.89 bits per heavy atom. The van der Waals surface area contributed by atoms with Crippen molar-refractivity contribution in [2.24, 2.45) is 7.05 Å². The van der Waals surface area contributed by atoms with Gasteiger partial charge in [0.15, 0.2) is 5.78 Å². The number of aromatic nitrogens is 2. The van der Waals surface area contributed by atoms with Crippen LogP contribution in [0.1, 0.15) is 20.1 Å². The van der Waals surface area contributed by atoms with Crippen LogP contribution in [-0.4, -0.2) is 14.9 Å². The maximum atomic E-state index is 12.1. The summed E-state index contributed by atoms with van der Waals surface area (Å²) in [5, 5.41) is 0. The first-order valence-corrected chi connectivity index (χ1v) is 6.58. The monoisotopic (exact) mass is 278 g/mol. The number of ketones is 1. The Hall–Kier alpha value is -1.95. The van der Waals surface area contributed by atoms with E-state index in [4.69, 9.17) is 0 Å². The summed E-state index contributed by atoms with van der Waals surface area (Å²) >= 11 is 1.54. The predicted octanol–water partition coefficient (Wildman–Crippen LogP) is 1.11. The average Bonchev–Trinajstić information content (AvgIpc) is 2.69. The minimum atomic E-state index is -0.678. The van der Waals surface area contributed by atoms with Crippen LogP contribution in [0.5, 0.6) is 0 Å². The molecule has 2 aromatic heterocycles. The molecule has 2 heterocycles. The lowest BCUT2D eigenvalue weighted by Crippen LogP contribution is -2.40. The highest BCUT2D eigenvalue weighted by Gasteiger charge is 2.14. The topological polar surface area (TPSA) is 61.1 Å². The molecule has 0 fully saturated rings. The van der Waals surface area contributed by atoms with Gasteiger partial charge in [-0.3, -0.25) is 14.4 Å². The van der Waals surface area contributed by atoms with E-state index in [1.807, 2.05) is 19.9 Å². The van der Waals surface area contributed by atoms with Crippen LogP contribution in [0.15, 0.2) is 28.0 Å². The molecular weight excluding hydrogens is 264 g/mol. The summed E-state index contributed by atoms with van der Waals surface area (Å²) in [6, 6.07) is 1.81. The zero-order chi connectivity index (χ0) is 14.2. The first kappa shape index (κ1) is 13.5. The standard InChI is InChI=1S/C13H14N2O3S/c1-8-6-10(9(2)19-8)11(16)7-15-5-4-14(3)12(17)13(15)18/h4-6H,7H2,1-3H3. The Kier molecular flexibility index (Phi) is 3.53. The van der Waals surface area contributed by atoms with Crippen molar-refractivity contribution in [3.8, 4) is 0 Å². The summed E-state index contributed by atoms with van der Waals surface area (Å²) in [6.07, 6.45) is 2.93. The van der Waals surface area contributed by atoms with Gasteiger partial charge >= 0.3 is 11.1 Å². The van der Waals surface area contributed by atoms with E-state index in [0.29, 0.717) is 5.56 Å². The van der Waals surface area contributed by atoms with Crippen LogP contribution in [0.3, 0.4) is 0 Å². The van der Waals surface area contributed by atoms with Crippen molar-refractivity contribution in [3.63, 3.8) is 0 Å². The zero-order valence-corrected chi connectivity index (χ0v) is 11.8. The number of hydrogen-bond acceptors (Lipinski definition) is 4. The van der Waals surface area contributed by atoms with Crippen LogP contribution in [0.2, 0.25) is 0 Å². The Morgan fingerprint density at radius 1 is 1.21 bits per heavy atom. The second kappa shape index (κ2) is 4.97. The van der Waals surface area contributed by atoms with Gasteiger partial charge in [0.05, 0.1) is 6.54 Å². The summed E-state index contributed by atoms with van der Waals surface area (Å²) in [5.41, 5.74) is -0.688. The molecule has 0 aliphatic rings. The molecule has 0 bridgehead atoms. The van der Waals surface area contributed by atoms with Gasteiger partial charge in [-0.1, -0.05) is 0 Å². The van der Waals surface area contributed by atoms with E-state index >= 15 is 0 Å². The molecule has 0 aliphatic carbocycles. The molecule has 19 heavy (non-hydrogen) atoms. The van der Waals surface area contributed by atoms with Gasteiger partial charge in [0.1, 0.15) is 0 Å². The predicted molar refractivity (Wildman–Crippen MR) is 74.1 cm³/mol. The first-order valence-electron chi connectivity index (χ1n) is 5.76. The fourth-order valence-corrected chi connectivity index (χ4v) is 2.80. The quantitative estimate of drug-likeness (QED) is 0.624. The minimum absolute atomic E-state index is 0.105. The summed E-state index contributed by atoms with van der Waals surface area (Å²) in [5.74, 6) is -0.155. The highest BCUT2D eigenvalue weighted by Crippen LogP contribution is 2.21. The molecule has 0 spiro atoms. The molecule has 0 radical (unpaired) electrons. The van der Waals surface area contributed by atoms with Crippen molar-refractivity contribution in [1.82, 2.24) is 9.13 Å². The lowest BCUT2D eigenvalue weighted by Gasteiger charge is -2.05. The molecule has 0 aromatic carbocycles. The lowest BCUT2D eigenvalue weighted by molar-refractivity contribution is 0.0970. The van der Waals surface area contributed by atoms with E-state index in [1.54, 1.807) is 11.3 Å². The first-order chi connectivity index (χ1) is 8.90. The third-order valence-corrected chi connectivity index (χ3v) is 3.86. The lowest BCUT2D eigenvalue weighted by atomic mass is 10.1. The number of nitrogens with zero attached hydrogens (tertiary/aromatic N) is 2. The largest absolute Gasteiger partial charge is 0.316 e. The maximum Gasteiger partial charge on any atom is 0.316 e. The zero-order valence-electron chi connectivity index (χ0n) is 11.0. The van der Waals surface area contributed by atoms with Gasteiger partial charge in [0.2, 0.25) is 0 Å². The molecule has 0 amide bonds. The molecule has 0 unspecified atom stereocenters. The van der Waals surface area contributed by atoms with Crippen LogP contribution in [0, 0.1) is 13.8 Å². The fourth-order valence-electron chi connectivity index (χ4n) is 1.86. The van der Waals surface area contributed by atoms with E-state index < -0.39 is 11.1 Å². The molecule has 5 nitrogen and oxygen atoms in total. The molecule has 2 aromatic rings. The van der Waals surface area contributed by atoms with Crippen molar-refractivity contribution in [2.45, 2.75) is 20.4 Å². The van der Waals surface area contributed by atoms with Gasteiger partial charge in [0, 0.05) is 34.8 Å². The van der Waals surface area contributed by atoms with Crippen molar-refractivity contribution in [1.29, 1.82) is 0 Å². The molecule has 0 atom stereocenters. The van der Waals surface area contributed by atoms with Gasteiger partial charge in [-0.05, 0) is 19.9 Å². The number of rotatable bonds is 3. The van der Waals surface area contributed by atoms with Crippen LogP contribution in [0.25, 0.3) is 0 Å². The summed E-state index contributed by atoms with van der Waals surface area (Å²) in [6.45, 7) is 3.70. The van der Waals surface area contributed by atoms with Gasteiger partial charge in [0.25, 0.3) is 0 Å². The smallest absolute Gasteiger partial charge is 0.312 e. The second-order valence-corrected chi connectivity index (χ2v) is 5.86. The summed E-state index contributed by atoms with van der Waals surface area (Å²) < 4.78 is 2.35. The Morgan fingerprint density at radius 3 is 2.47 bits per heavy atom. The molecular formula is C13H14N2O3S. The highest BCUT2D eigenvalue weighted by molar-refractivity contribution is 7.12. The van der Waals surface area contributed by atoms with Crippen molar-refractivity contribution < 1.29 is 4.79 Å². The average molecular weight is 278 g/mol. The molecule has 100 valence electrons. The highest BCUT2D eigenvalue weighted by atomic mass is 32.1.